The van der Waals surface area contributed by atoms with E-state index in [1.54, 1.807) is 6.07 Å². The van der Waals surface area contributed by atoms with Gasteiger partial charge in [0.15, 0.2) is 0 Å². The van der Waals surface area contributed by atoms with E-state index in [-0.39, 0.29) is 5.54 Å². The molecule has 2 rings (SSSR count). The minimum atomic E-state index is 0.0881. The van der Waals surface area contributed by atoms with Gasteiger partial charge in [-0.25, -0.2) is 0 Å². The fourth-order valence-corrected chi connectivity index (χ4v) is 2.40. The molecule has 0 radical (unpaired) electrons. The molecule has 0 spiro atoms. The van der Waals surface area contributed by atoms with Crippen molar-refractivity contribution in [2.24, 2.45) is 0 Å². The number of hydrogen-bond donors (Lipinski definition) is 1. The second kappa shape index (κ2) is 6.39. The molecule has 0 saturated carbocycles. The lowest BCUT2D eigenvalue weighted by atomic mass is 10.1. The molecule has 1 N–H and O–H groups in total. The van der Waals surface area contributed by atoms with Crippen LogP contribution in [0.15, 0.2) is 24.4 Å². The Morgan fingerprint density at radius 3 is 2.57 bits per heavy atom. The molecule has 0 aliphatic carbocycles. The van der Waals surface area contributed by atoms with E-state index in [1.807, 2.05) is 23.7 Å². The van der Waals surface area contributed by atoms with Gasteiger partial charge in [0, 0.05) is 23.8 Å². The molecule has 0 fully saturated rings. The maximum atomic E-state index is 6.23. The lowest BCUT2D eigenvalue weighted by Gasteiger charge is -2.20. The fraction of sp³-hybridized carbons (Fsp3) is 0.438. The zero-order valence-corrected chi connectivity index (χ0v) is 14.4. The van der Waals surface area contributed by atoms with E-state index in [4.69, 9.17) is 23.2 Å². The Bertz CT molecular complexity index is 627. The van der Waals surface area contributed by atoms with Gasteiger partial charge in [-0.05, 0) is 39.3 Å². The normalized spacial score (nSPS) is 11.9. The van der Waals surface area contributed by atoms with Gasteiger partial charge in [-0.3, -0.25) is 4.68 Å². The van der Waals surface area contributed by atoms with Gasteiger partial charge in [0.05, 0.1) is 22.3 Å². The summed E-state index contributed by atoms with van der Waals surface area (Å²) >= 11 is 12.3. The van der Waals surface area contributed by atoms with E-state index < -0.39 is 0 Å². The molecule has 0 amide bonds. The molecule has 5 heteroatoms. The number of aryl methyl sites for hydroxylation is 1. The smallest absolute Gasteiger partial charge is 0.0674 e. The Balaban J connectivity index is 2.13. The fourth-order valence-electron chi connectivity index (χ4n) is 2.02. The summed E-state index contributed by atoms with van der Waals surface area (Å²) in [4.78, 5) is 0. The lowest BCUT2D eigenvalue weighted by molar-refractivity contribution is 0.423. The van der Waals surface area contributed by atoms with Gasteiger partial charge in [-0.15, -0.1) is 0 Å². The average molecular weight is 326 g/mol. The predicted molar refractivity (Wildman–Crippen MR) is 89.1 cm³/mol. The van der Waals surface area contributed by atoms with Crippen molar-refractivity contribution in [1.29, 1.82) is 0 Å². The quantitative estimate of drug-likeness (QED) is 0.900. The van der Waals surface area contributed by atoms with Crippen LogP contribution in [0.25, 0.3) is 0 Å². The predicted octanol–water partition coefficient (Wildman–Crippen LogP) is 4.43. The van der Waals surface area contributed by atoms with E-state index in [9.17, 15) is 0 Å². The molecule has 2 aromatic rings. The van der Waals surface area contributed by atoms with Crippen LogP contribution in [0.2, 0.25) is 10.0 Å². The molecule has 114 valence electrons. The summed E-state index contributed by atoms with van der Waals surface area (Å²) in [6.07, 6.45) is 2.06. The standard InChI is InChI=1S/C16H21Cl2N3/c1-11-13(8-19-16(2,3)4)10-21(20-11)9-12-6-5-7-14(17)15(12)18/h5-7,10,19H,8-9H2,1-4H3. The number of aromatic nitrogens is 2. The Labute approximate surface area is 136 Å². The number of nitrogens with zero attached hydrogens (tertiary/aromatic N) is 2. The van der Waals surface area contributed by atoms with Crippen LogP contribution in [0.3, 0.4) is 0 Å². The van der Waals surface area contributed by atoms with E-state index in [1.165, 1.54) is 5.56 Å². The molecule has 0 unspecified atom stereocenters. The van der Waals surface area contributed by atoms with Gasteiger partial charge in [0.25, 0.3) is 0 Å². The van der Waals surface area contributed by atoms with Crippen LogP contribution in [0.5, 0.6) is 0 Å². The Morgan fingerprint density at radius 2 is 1.90 bits per heavy atom. The molecule has 1 heterocycles. The third-order valence-corrected chi connectivity index (χ3v) is 4.08. The van der Waals surface area contributed by atoms with Crippen molar-refractivity contribution in [2.75, 3.05) is 0 Å². The summed E-state index contributed by atoms with van der Waals surface area (Å²) in [5, 5.41) is 9.20. The first kappa shape index (κ1) is 16.3. The Kier molecular flexibility index (Phi) is 4.97. The van der Waals surface area contributed by atoms with E-state index in [0.717, 1.165) is 17.8 Å². The average Bonchev–Trinajstić information content (AvgIpc) is 2.72. The molecular weight excluding hydrogens is 305 g/mol. The molecule has 0 aliphatic rings. The summed E-state index contributed by atoms with van der Waals surface area (Å²) in [6, 6.07) is 5.67. The van der Waals surface area contributed by atoms with Crippen LogP contribution in [0, 0.1) is 6.92 Å². The van der Waals surface area contributed by atoms with Gasteiger partial charge < -0.3 is 5.32 Å². The molecule has 21 heavy (non-hydrogen) atoms. The van der Waals surface area contributed by atoms with Crippen LogP contribution >= 0.6 is 23.2 Å². The molecule has 0 atom stereocenters. The number of rotatable bonds is 4. The van der Waals surface area contributed by atoms with Crippen molar-refractivity contribution < 1.29 is 0 Å². The van der Waals surface area contributed by atoms with Gasteiger partial charge in [0.1, 0.15) is 0 Å². The highest BCUT2D eigenvalue weighted by Gasteiger charge is 2.12. The summed E-state index contributed by atoms with van der Waals surface area (Å²) in [5.41, 5.74) is 3.29. The van der Waals surface area contributed by atoms with Crippen molar-refractivity contribution >= 4 is 23.2 Å². The first-order valence-corrected chi connectivity index (χ1v) is 7.73. The number of nitrogens with one attached hydrogen (secondary N) is 1. The molecule has 0 aliphatic heterocycles. The van der Waals surface area contributed by atoms with Gasteiger partial charge >= 0.3 is 0 Å². The summed E-state index contributed by atoms with van der Waals surface area (Å²) in [6.45, 7) is 9.90. The van der Waals surface area contributed by atoms with Crippen LogP contribution in [-0.2, 0) is 13.1 Å². The molecule has 0 saturated heterocycles. The molecule has 1 aromatic carbocycles. The zero-order chi connectivity index (χ0) is 15.6. The minimum absolute atomic E-state index is 0.0881. The van der Waals surface area contributed by atoms with E-state index in [2.05, 4.69) is 37.4 Å². The first-order chi connectivity index (χ1) is 9.76. The second-order valence-corrected chi connectivity index (χ2v) is 7.04. The Hall–Kier alpha value is -1.03. The maximum absolute atomic E-state index is 6.23. The third-order valence-electron chi connectivity index (χ3n) is 3.22. The van der Waals surface area contributed by atoms with Crippen molar-refractivity contribution in [3.63, 3.8) is 0 Å². The van der Waals surface area contributed by atoms with Crippen molar-refractivity contribution in [2.45, 2.75) is 46.3 Å². The third kappa shape index (κ3) is 4.47. The summed E-state index contributed by atoms with van der Waals surface area (Å²) < 4.78 is 1.91. The SMILES string of the molecule is Cc1nn(Cc2cccc(Cl)c2Cl)cc1CNC(C)(C)C. The van der Waals surface area contributed by atoms with Crippen molar-refractivity contribution in [3.05, 3.63) is 51.3 Å². The number of benzene rings is 1. The topological polar surface area (TPSA) is 29.9 Å². The van der Waals surface area contributed by atoms with Gasteiger partial charge in [0.2, 0.25) is 0 Å². The summed E-state index contributed by atoms with van der Waals surface area (Å²) in [5.74, 6) is 0. The van der Waals surface area contributed by atoms with Crippen LogP contribution in [-0.4, -0.2) is 15.3 Å². The van der Waals surface area contributed by atoms with Crippen LogP contribution < -0.4 is 5.32 Å². The zero-order valence-electron chi connectivity index (χ0n) is 12.9. The Morgan fingerprint density at radius 1 is 1.19 bits per heavy atom. The van der Waals surface area contributed by atoms with Gasteiger partial charge in [-0.2, -0.15) is 5.10 Å². The highest BCUT2D eigenvalue weighted by molar-refractivity contribution is 6.42. The molecule has 3 nitrogen and oxygen atoms in total. The highest BCUT2D eigenvalue weighted by atomic mass is 35.5. The number of hydrogen-bond acceptors (Lipinski definition) is 2. The molecular formula is C16H21Cl2N3. The first-order valence-electron chi connectivity index (χ1n) is 6.97. The van der Waals surface area contributed by atoms with Crippen molar-refractivity contribution in [3.8, 4) is 0 Å². The second-order valence-electron chi connectivity index (χ2n) is 6.25. The van der Waals surface area contributed by atoms with E-state index >= 15 is 0 Å². The maximum Gasteiger partial charge on any atom is 0.0674 e. The largest absolute Gasteiger partial charge is 0.308 e. The molecule has 0 bridgehead atoms. The van der Waals surface area contributed by atoms with Gasteiger partial charge in [-0.1, -0.05) is 35.3 Å². The summed E-state index contributed by atoms with van der Waals surface area (Å²) in [7, 11) is 0. The minimum Gasteiger partial charge on any atom is -0.308 e. The molecule has 1 aromatic heterocycles. The monoisotopic (exact) mass is 325 g/mol. The van der Waals surface area contributed by atoms with Crippen molar-refractivity contribution in [1.82, 2.24) is 15.1 Å². The highest BCUT2D eigenvalue weighted by Crippen LogP contribution is 2.26. The van der Waals surface area contributed by atoms with Crippen LogP contribution in [0.4, 0.5) is 0 Å². The van der Waals surface area contributed by atoms with E-state index in [0.29, 0.717) is 16.6 Å². The number of halogens is 2. The lowest BCUT2D eigenvalue weighted by Crippen LogP contribution is -2.35. The van der Waals surface area contributed by atoms with Crippen LogP contribution in [0.1, 0.15) is 37.6 Å².